The average Bonchev–Trinajstić information content (AvgIpc) is 2.73. The van der Waals surface area contributed by atoms with Crippen LogP contribution in [-0.4, -0.2) is 52.3 Å². The van der Waals surface area contributed by atoms with Crippen LogP contribution >= 0.6 is 12.4 Å². The van der Waals surface area contributed by atoms with Crippen molar-refractivity contribution >= 4 is 12.4 Å². The lowest BCUT2D eigenvalue weighted by Gasteiger charge is -2.29. The molecule has 0 amide bonds. The molecule has 3 rings (SSSR count). The molecular formula is C21H28ClNO7. The van der Waals surface area contributed by atoms with Crippen molar-refractivity contribution in [2.75, 3.05) is 42.1 Å². The molecule has 1 heterocycles. The molecule has 0 aliphatic carbocycles. The van der Waals surface area contributed by atoms with E-state index in [1.54, 1.807) is 26.4 Å². The number of phenolic OH excluding ortho intramolecular Hbond substituents is 2. The predicted molar refractivity (Wildman–Crippen MR) is 114 cm³/mol. The number of ether oxygens (including phenoxy) is 5. The van der Waals surface area contributed by atoms with Gasteiger partial charge in [-0.25, -0.2) is 0 Å². The van der Waals surface area contributed by atoms with Crippen LogP contribution in [0.3, 0.4) is 0 Å². The van der Waals surface area contributed by atoms with Gasteiger partial charge in [0.15, 0.2) is 23.0 Å². The van der Waals surface area contributed by atoms with Crippen molar-refractivity contribution in [3.05, 3.63) is 28.8 Å². The Morgan fingerprint density at radius 1 is 0.800 bits per heavy atom. The highest BCUT2D eigenvalue weighted by Gasteiger charge is 2.31. The van der Waals surface area contributed by atoms with Gasteiger partial charge in [-0.3, -0.25) is 0 Å². The Kier molecular flexibility index (Phi) is 7.75. The van der Waals surface area contributed by atoms with E-state index in [4.69, 9.17) is 23.7 Å². The molecule has 0 bridgehead atoms. The number of hydrogen-bond donors (Lipinski definition) is 3. The standard InChI is InChI=1S/C21H27NO7.ClH/c1-25-17-13(18(26-2)20(28-4)21(29-5)19(17)27-3)9-14-12-10-16(24)15(23)8-11(12)6-7-22-14;/h8,10,14,22-24H,6-7,9H2,1-5H3;1H. The van der Waals surface area contributed by atoms with Gasteiger partial charge in [-0.05, 0) is 42.6 Å². The Morgan fingerprint density at radius 2 is 1.27 bits per heavy atom. The quantitative estimate of drug-likeness (QED) is 0.564. The topological polar surface area (TPSA) is 98.6 Å². The van der Waals surface area contributed by atoms with Crippen molar-refractivity contribution in [2.24, 2.45) is 0 Å². The van der Waals surface area contributed by atoms with Crippen LogP contribution in [0.15, 0.2) is 12.1 Å². The summed E-state index contributed by atoms with van der Waals surface area (Å²) < 4.78 is 27.9. The van der Waals surface area contributed by atoms with Crippen LogP contribution in [-0.2, 0) is 12.8 Å². The van der Waals surface area contributed by atoms with Gasteiger partial charge < -0.3 is 39.2 Å². The number of rotatable bonds is 7. The predicted octanol–water partition coefficient (Wildman–Crippen LogP) is 2.99. The Bertz CT molecular complexity index is 871. The van der Waals surface area contributed by atoms with Crippen LogP contribution < -0.4 is 29.0 Å². The lowest BCUT2D eigenvalue weighted by atomic mass is 9.89. The highest BCUT2D eigenvalue weighted by atomic mass is 35.5. The fraction of sp³-hybridized carbons (Fsp3) is 0.429. The van der Waals surface area contributed by atoms with E-state index < -0.39 is 0 Å². The number of hydrogen-bond acceptors (Lipinski definition) is 8. The summed E-state index contributed by atoms with van der Waals surface area (Å²) in [6.07, 6.45) is 1.23. The second kappa shape index (κ2) is 9.86. The molecule has 2 aromatic rings. The molecule has 9 heteroatoms. The third kappa shape index (κ3) is 3.97. The van der Waals surface area contributed by atoms with E-state index in [2.05, 4.69) is 5.32 Å². The molecule has 30 heavy (non-hydrogen) atoms. The van der Waals surface area contributed by atoms with Gasteiger partial charge in [0, 0.05) is 11.6 Å². The lowest BCUT2D eigenvalue weighted by Crippen LogP contribution is -2.31. The minimum absolute atomic E-state index is 0. The van der Waals surface area contributed by atoms with Crippen LogP contribution in [0.2, 0.25) is 0 Å². The molecule has 1 aliphatic rings. The van der Waals surface area contributed by atoms with Crippen LogP contribution in [0.4, 0.5) is 0 Å². The van der Waals surface area contributed by atoms with E-state index in [0.717, 1.165) is 29.7 Å². The molecule has 0 fully saturated rings. The minimum Gasteiger partial charge on any atom is -0.504 e. The van der Waals surface area contributed by atoms with E-state index in [9.17, 15) is 10.2 Å². The Labute approximate surface area is 182 Å². The highest BCUT2D eigenvalue weighted by molar-refractivity contribution is 5.85. The summed E-state index contributed by atoms with van der Waals surface area (Å²) in [6, 6.07) is 3.07. The first-order chi connectivity index (χ1) is 14.0. The van der Waals surface area contributed by atoms with Gasteiger partial charge in [0.25, 0.3) is 0 Å². The monoisotopic (exact) mass is 441 g/mol. The van der Waals surface area contributed by atoms with E-state index in [1.165, 1.54) is 21.3 Å². The van der Waals surface area contributed by atoms with Crippen molar-refractivity contribution in [3.8, 4) is 40.2 Å². The molecule has 1 atom stereocenters. The first kappa shape index (κ1) is 23.6. The molecule has 0 saturated heterocycles. The number of aromatic hydroxyl groups is 2. The van der Waals surface area contributed by atoms with Crippen LogP contribution in [0.25, 0.3) is 0 Å². The van der Waals surface area contributed by atoms with Crippen molar-refractivity contribution in [3.63, 3.8) is 0 Å². The number of benzene rings is 2. The van der Waals surface area contributed by atoms with E-state index in [-0.39, 0.29) is 29.9 Å². The van der Waals surface area contributed by atoms with Crippen molar-refractivity contribution in [1.82, 2.24) is 5.32 Å². The summed E-state index contributed by atoms with van der Waals surface area (Å²) in [5, 5.41) is 23.3. The zero-order chi connectivity index (χ0) is 21.1. The molecule has 0 spiro atoms. The molecule has 1 aliphatic heterocycles. The first-order valence-corrected chi connectivity index (χ1v) is 9.21. The van der Waals surface area contributed by atoms with Gasteiger partial charge in [-0.1, -0.05) is 0 Å². The zero-order valence-corrected chi connectivity index (χ0v) is 18.5. The minimum atomic E-state index is -0.152. The van der Waals surface area contributed by atoms with Crippen LogP contribution in [0.1, 0.15) is 22.7 Å². The van der Waals surface area contributed by atoms with Crippen LogP contribution in [0.5, 0.6) is 40.2 Å². The van der Waals surface area contributed by atoms with Gasteiger partial charge in [0.05, 0.1) is 35.5 Å². The largest absolute Gasteiger partial charge is 0.504 e. The van der Waals surface area contributed by atoms with E-state index >= 15 is 0 Å². The number of fused-ring (bicyclic) bond motifs is 1. The summed E-state index contributed by atoms with van der Waals surface area (Å²) in [5.74, 6) is 1.90. The molecule has 8 nitrogen and oxygen atoms in total. The summed E-state index contributed by atoms with van der Waals surface area (Å²) in [7, 11) is 7.70. The molecule has 2 aromatic carbocycles. The second-order valence-corrected chi connectivity index (χ2v) is 6.65. The van der Waals surface area contributed by atoms with Gasteiger partial charge in [0.1, 0.15) is 0 Å². The molecule has 3 N–H and O–H groups in total. The fourth-order valence-corrected chi connectivity index (χ4v) is 3.91. The second-order valence-electron chi connectivity index (χ2n) is 6.65. The van der Waals surface area contributed by atoms with Gasteiger partial charge in [0.2, 0.25) is 17.2 Å². The molecule has 0 aromatic heterocycles. The molecule has 166 valence electrons. The first-order valence-electron chi connectivity index (χ1n) is 9.21. The van der Waals surface area contributed by atoms with Crippen molar-refractivity contribution in [2.45, 2.75) is 18.9 Å². The maximum Gasteiger partial charge on any atom is 0.211 e. The van der Waals surface area contributed by atoms with Crippen molar-refractivity contribution in [1.29, 1.82) is 0 Å². The van der Waals surface area contributed by atoms with E-state index in [0.29, 0.717) is 35.2 Å². The normalized spacial score (nSPS) is 14.9. The molecule has 1 unspecified atom stereocenters. The highest BCUT2D eigenvalue weighted by Crippen LogP contribution is 2.54. The average molecular weight is 442 g/mol. The molecule has 0 radical (unpaired) electrons. The Morgan fingerprint density at radius 3 is 1.77 bits per heavy atom. The zero-order valence-electron chi connectivity index (χ0n) is 17.7. The van der Waals surface area contributed by atoms with E-state index in [1.807, 2.05) is 0 Å². The number of phenols is 2. The number of halogens is 1. The number of methoxy groups -OCH3 is 5. The fourth-order valence-electron chi connectivity index (χ4n) is 3.91. The third-order valence-electron chi connectivity index (χ3n) is 5.20. The summed E-state index contributed by atoms with van der Waals surface area (Å²) in [5.41, 5.74) is 2.63. The van der Waals surface area contributed by atoms with Crippen LogP contribution in [0, 0.1) is 0 Å². The van der Waals surface area contributed by atoms with Gasteiger partial charge in [-0.15, -0.1) is 12.4 Å². The maximum absolute atomic E-state index is 10.0. The summed E-state index contributed by atoms with van der Waals surface area (Å²) in [4.78, 5) is 0. The maximum atomic E-state index is 10.0. The van der Waals surface area contributed by atoms with Gasteiger partial charge >= 0.3 is 0 Å². The molecular weight excluding hydrogens is 414 g/mol. The SMILES string of the molecule is COc1c(CC2NCCc3cc(O)c(O)cc32)c(OC)c(OC)c(OC)c1OC.Cl. The van der Waals surface area contributed by atoms with Crippen molar-refractivity contribution < 1.29 is 33.9 Å². The summed E-state index contributed by atoms with van der Waals surface area (Å²) >= 11 is 0. The lowest BCUT2D eigenvalue weighted by molar-refractivity contribution is 0.285. The summed E-state index contributed by atoms with van der Waals surface area (Å²) in [6.45, 7) is 0.733. The number of nitrogens with one attached hydrogen (secondary N) is 1. The smallest absolute Gasteiger partial charge is 0.211 e. The Hall–Kier alpha value is -2.71. The third-order valence-corrected chi connectivity index (χ3v) is 5.20. The Balaban J connectivity index is 0.00000320. The molecule has 0 saturated carbocycles. The van der Waals surface area contributed by atoms with Gasteiger partial charge in [-0.2, -0.15) is 0 Å².